The van der Waals surface area contributed by atoms with Crippen LogP contribution >= 0.6 is 0 Å². The van der Waals surface area contributed by atoms with E-state index in [0.29, 0.717) is 5.82 Å². The Hall–Kier alpha value is -1.84. The maximum Gasteiger partial charge on any atom is 0.293 e. The third-order valence-electron chi connectivity index (χ3n) is 2.82. The van der Waals surface area contributed by atoms with E-state index >= 15 is 0 Å². The molecule has 0 aliphatic carbocycles. The Morgan fingerprint density at radius 1 is 1.35 bits per heavy atom. The number of hydrogen-bond acceptors (Lipinski definition) is 3. The number of aromatic nitrogens is 2. The first-order valence-corrected chi connectivity index (χ1v) is 5.95. The Labute approximate surface area is 100 Å². The Morgan fingerprint density at radius 2 is 2.12 bits per heavy atom. The standard InChI is InChI=1S/C13H17N3O/c1-3-4-9-16-11-8-6-5-7-10(11)15-12(14-2)13(16)17/h5-8H,3-4,9H2,1-2H3,(H,14,15). The lowest BCUT2D eigenvalue weighted by atomic mass is 10.2. The van der Waals surface area contributed by atoms with Crippen molar-refractivity contribution in [1.29, 1.82) is 0 Å². The molecular formula is C13H17N3O. The van der Waals surface area contributed by atoms with Gasteiger partial charge in [0.1, 0.15) is 0 Å². The smallest absolute Gasteiger partial charge is 0.293 e. The van der Waals surface area contributed by atoms with E-state index in [-0.39, 0.29) is 5.56 Å². The highest BCUT2D eigenvalue weighted by Gasteiger charge is 2.08. The van der Waals surface area contributed by atoms with E-state index < -0.39 is 0 Å². The third-order valence-corrected chi connectivity index (χ3v) is 2.82. The predicted molar refractivity (Wildman–Crippen MR) is 70.5 cm³/mol. The number of nitrogens with one attached hydrogen (secondary N) is 1. The molecule has 4 heteroatoms. The molecule has 0 saturated heterocycles. The maximum absolute atomic E-state index is 12.2. The SMILES string of the molecule is CCCCn1c(=O)c(NC)nc2ccccc21. The number of fused-ring (bicyclic) bond motifs is 1. The number of benzene rings is 1. The molecule has 0 amide bonds. The molecule has 0 unspecified atom stereocenters. The van der Waals surface area contributed by atoms with Crippen molar-refractivity contribution >= 4 is 16.9 Å². The summed E-state index contributed by atoms with van der Waals surface area (Å²) in [5.41, 5.74) is 1.72. The van der Waals surface area contributed by atoms with E-state index in [0.717, 1.165) is 30.4 Å². The van der Waals surface area contributed by atoms with Gasteiger partial charge in [0.05, 0.1) is 11.0 Å². The fourth-order valence-electron chi connectivity index (χ4n) is 1.89. The average molecular weight is 231 g/mol. The van der Waals surface area contributed by atoms with Gasteiger partial charge in [0.15, 0.2) is 5.82 Å². The minimum Gasteiger partial charge on any atom is -0.369 e. The van der Waals surface area contributed by atoms with Crippen LogP contribution in [0.15, 0.2) is 29.1 Å². The molecule has 1 aromatic carbocycles. The molecule has 0 saturated carbocycles. The van der Waals surface area contributed by atoms with Gasteiger partial charge in [-0.25, -0.2) is 4.98 Å². The summed E-state index contributed by atoms with van der Waals surface area (Å²) < 4.78 is 1.80. The molecule has 2 aromatic rings. The van der Waals surface area contributed by atoms with Gasteiger partial charge in [-0.2, -0.15) is 0 Å². The average Bonchev–Trinajstić information content (AvgIpc) is 2.37. The monoisotopic (exact) mass is 231 g/mol. The van der Waals surface area contributed by atoms with Crippen LogP contribution in [-0.4, -0.2) is 16.6 Å². The van der Waals surface area contributed by atoms with Gasteiger partial charge >= 0.3 is 0 Å². The van der Waals surface area contributed by atoms with Gasteiger partial charge in [-0.3, -0.25) is 4.79 Å². The molecule has 4 nitrogen and oxygen atoms in total. The predicted octanol–water partition coefficient (Wildman–Crippen LogP) is 2.24. The number of hydrogen-bond donors (Lipinski definition) is 1. The van der Waals surface area contributed by atoms with Gasteiger partial charge in [-0.05, 0) is 18.6 Å². The lowest BCUT2D eigenvalue weighted by Crippen LogP contribution is -2.24. The normalized spacial score (nSPS) is 10.7. The quantitative estimate of drug-likeness (QED) is 0.877. The van der Waals surface area contributed by atoms with Crippen LogP contribution in [0.5, 0.6) is 0 Å². The molecule has 0 spiro atoms. The van der Waals surface area contributed by atoms with Crippen molar-refractivity contribution in [2.75, 3.05) is 12.4 Å². The zero-order valence-electron chi connectivity index (χ0n) is 10.2. The van der Waals surface area contributed by atoms with Crippen molar-refractivity contribution in [1.82, 2.24) is 9.55 Å². The number of aryl methyl sites for hydroxylation is 1. The molecule has 1 aromatic heterocycles. The fourth-order valence-corrected chi connectivity index (χ4v) is 1.89. The topological polar surface area (TPSA) is 46.9 Å². The van der Waals surface area contributed by atoms with Crippen LogP contribution in [0.3, 0.4) is 0 Å². The summed E-state index contributed by atoms with van der Waals surface area (Å²) in [6.45, 7) is 2.86. The summed E-state index contributed by atoms with van der Waals surface area (Å²) >= 11 is 0. The summed E-state index contributed by atoms with van der Waals surface area (Å²) in [7, 11) is 1.72. The zero-order valence-corrected chi connectivity index (χ0v) is 10.2. The third kappa shape index (κ3) is 2.16. The molecule has 0 atom stereocenters. The second kappa shape index (κ2) is 4.99. The first kappa shape index (κ1) is 11.6. The number of anilines is 1. The van der Waals surface area contributed by atoms with E-state index in [4.69, 9.17) is 0 Å². The van der Waals surface area contributed by atoms with Crippen molar-refractivity contribution < 1.29 is 0 Å². The minimum atomic E-state index is -0.0420. The van der Waals surface area contributed by atoms with Gasteiger partial charge in [0.25, 0.3) is 5.56 Å². The first-order chi connectivity index (χ1) is 8.27. The summed E-state index contributed by atoms with van der Waals surface area (Å²) in [6.07, 6.45) is 2.06. The van der Waals surface area contributed by atoms with Crippen LogP contribution in [0.2, 0.25) is 0 Å². The molecule has 2 rings (SSSR count). The molecule has 0 aliphatic heterocycles. The summed E-state index contributed by atoms with van der Waals surface area (Å²) in [4.78, 5) is 16.5. The van der Waals surface area contributed by atoms with E-state index in [1.54, 1.807) is 11.6 Å². The Morgan fingerprint density at radius 3 is 2.82 bits per heavy atom. The zero-order chi connectivity index (χ0) is 12.3. The van der Waals surface area contributed by atoms with Crippen molar-refractivity contribution in [3.8, 4) is 0 Å². The lowest BCUT2D eigenvalue weighted by molar-refractivity contribution is 0.630. The lowest BCUT2D eigenvalue weighted by Gasteiger charge is -2.11. The number of rotatable bonds is 4. The Bertz CT molecular complexity index is 574. The summed E-state index contributed by atoms with van der Waals surface area (Å²) in [6, 6.07) is 7.74. The highest BCUT2D eigenvalue weighted by atomic mass is 16.1. The maximum atomic E-state index is 12.2. The first-order valence-electron chi connectivity index (χ1n) is 5.95. The van der Waals surface area contributed by atoms with Crippen LogP contribution in [-0.2, 0) is 6.54 Å². The van der Waals surface area contributed by atoms with Gasteiger partial charge < -0.3 is 9.88 Å². The van der Waals surface area contributed by atoms with E-state index in [2.05, 4.69) is 17.2 Å². The fraction of sp³-hybridized carbons (Fsp3) is 0.385. The second-order valence-electron chi connectivity index (χ2n) is 4.01. The Balaban J connectivity index is 2.66. The molecular weight excluding hydrogens is 214 g/mol. The van der Waals surface area contributed by atoms with Crippen LogP contribution in [0.4, 0.5) is 5.82 Å². The summed E-state index contributed by atoms with van der Waals surface area (Å²) in [5, 5.41) is 2.86. The number of para-hydroxylation sites is 2. The number of unbranched alkanes of at least 4 members (excludes halogenated alkanes) is 1. The number of nitrogens with zero attached hydrogens (tertiary/aromatic N) is 2. The largest absolute Gasteiger partial charge is 0.369 e. The van der Waals surface area contributed by atoms with Crippen LogP contribution < -0.4 is 10.9 Å². The van der Waals surface area contributed by atoms with Crippen LogP contribution in [0, 0.1) is 0 Å². The molecule has 0 aliphatic rings. The van der Waals surface area contributed by atoms with Crippen molar-refractivity contribution in [2.24, 2.45) is 0 Å². The van der Waals surface area contributed by atoms with Gasteiger partial charge in [0.2, 0.25) is 0 Å². The van der Waals surface area contributed by atoms with Crippen LogP contribution in [0.25, 0.3) is 11.0 Å². The molecule has 1 N–H and O–H groups in total. The molecule has 90 valence electrons. The van der Waals surface area contributed by atoms with Gasteiger partial charge in [-0.15, -0.1) is 0 Å². The minimum absolute atomic E-state index is 0.0420. The highest BCUT2D eigenvalue weighted by Crippen LogP contribution is 2.12. The summed E-state index contributed by atoms with van der Waals surface area (Å²) in [5.74, 6) is 0.416. The van der Waals surface area contributed by atoms with E-state index in [1.807, 2.05) is 24.3 Å². The highest BCUT2D eigenvalue weighted by molar-refractivity contribution is 5.76. The van der Waals surface area contributed by atoms with E-state index in [9.17, 15) is 4.79 Å². The van der Waals surface area contributed by atoms with Crippen molar-refractivity contribution in [3.05, 3.63) is 34.6 Å². The molecule has 0 radical (unpaired) electrons. The molecule has 0 fully saturated rings. The van der Waals surface area contributed by atoms with Crippen LogP contribution in [0.1, 0.15) is 19.8 Å². The molecule has 0 bridgehead atoms. The van der Waals surface area contributed by atoms with Gasteiger partial charge in [0, 0.05) is 13.6 Å². The molecule has 17 heavy (non-hydrogen) atoms. The van der Waals surface area contributed by atoms with E-state index in [1.165, 1.54) is 0 Å². The second-order valence-corrected chi connectivity index (χ2v) is 4.01. The molecule has 1 heterocycles. The Kier molecular flexibility index (Phi) is 3.42. The van der Waals surface area contributed by atoms with Crippen molar-refractivity contribution in [2.45, 2.75) is 26.3 Å². The van der Waals surface area contributed by atoms with Crippen molar-refractivity contribution in [3.63, 3.8) is 0 Å². The van der Waals surface area contributed by atoms with Gasteiger partial charge in [-0.1, -0.05) is 25.5 Å².